The van der Waals surface area contributed by atoms with Crippen molar-refractivity contribution in [2.75, 3.05) is 26.7 Å². The van der Waals surface area contributed by atoms with Gasteiger partial charge in [-0.15, -0.1) is 0 Å². The summed E-state index contributed by atoms with van der Waals surface area (Å²) in [6.45, 7) is 5.50. The number of aromatic nitrogens is 1. The third kappa shape index (κ3) is 4.93. The second-order valence-corrected chi connectivity index (χ2v) is 5.76. The lowest BCUT2D eigenvalue weighted by atomic mass is 10.2. The third-order valence-electron chi connectivity index (χ3n) is 3.52. The molecule has 0 radical (unpaired) electrons. The summed E-state index contributed by atoms with van der Waals surface area (Å²) < 4.78 is 5.72. The zero-order chi connectivity index (χ0) is 14.4. The molecule has 2 rings (SSSR count). The van der Waals surface area contributed by atoms with Crippen LogP contribution in [0.2, 0.25) is 5.02 Å². The summed E-state index contributed by atoms with van der Waals surface area (Å²) in [5.41, 5.74) is 1.04. The van der Waals surface area contributed by atoms with Gasteiger partial charge in [-0.25, -0.2) is 4.98 Å². The van der Waals surface area contributed by atoms with Gasteiger partial charge in [-0.2, -0.15) is 0 Å². The fourth-order valence-electron chi connectivity index (χ4n) is 2.06. The standard InChI is InChI=1S/C15H24ClN3O/c1-3-6-17-10-12-9-15(18-11-14(12)16)20-8-7-19(2)13-4-5-13/h9,11,13,17H,3-8,10H2,1-2H3. The van der Waals surface area contributed by atoms with E-state index in [1.54, 1.807) is 6.20 Å². The SMILES string of the molecule is CCCNCc1cc(OCCN(C)C2CC2)ncc1Cl. The highest BCUT2D eigenvalue weighted by Crippen LogP contribution is 2.25. The highest BCUT2D eigenvalue weighted by Gasteiger charge is 2.25. The molecule has 1 aliphatic rings. The van der Waals surface area contributed by atoms with E-state index in [1.165, 1.54) is 12.8 Å². The Morgan fingerprint density at radius 2 is 2.30 bits per heavy atom. The van der Waals surface area contributed by atoms with Crippen LogP contribution in [0.4, 0.5) is 0 Å². The molecule has 0 aliphatic heterocycles. The van der Waals surface area contributed by atoms with E-state index in [4.69, 9.17) is 16.3 Å². The van der Waals surface area contributed by atoms with Crippen LogP contribution in [0.5, 0.6) is 5.88 Å². The molecule has 1 aliphatic carbocycles. The quantitative estimate of drug-likeness (QED) is 0.711. The highest BCUT2D eigenvalue weighted by atomic mass is 35.5. The molecule has 112 valence electrons. The summed E-state index contributed by atoms with van der Waals surface area (Å²) in [6, 6.07) is 2.70. The van der Waals surface area contributed by atoms with Gasteiger partial charge in [-0.1, -0.05) is 18.5 Å². The van der Waals surface area contributed by atoms with Gasteiger partial charge in [0.2, 0.25) is 5.88 Å². The van der Waals surface area contributed by atoms with Gasteiger partial charge >= 0.3 is 0 Å². The molecule has 1 aromatic rings. The van der Waals surface area contributed by atoms with Crippen molar-refractivity contribution >= 4 is 11.6 Å². The molecule has 1 saturated carbocycles. The van der Waals surface area contributed by atoms with E-state index in [0.29, 0.717) is 17.5 Å². The minimum Gasteiger partial charge on any atom is -0.476 e. The van der Waals surface area contributed by atoms with Gasteiger partial charge < -0.3 is 15.0 Å². The first kappa shape index (κ1) is 15.5. The van der Waals surface area contributed by atoms with E-state index >= 15 is 0 Å². The zero-order valence-corrected chi connectivity index (χ0v) is 13.1. The summed E-state index contributed by atoms with van der Waals surface area (Å²) >= 11 is 6.14. The van der Waals surface area contributed by atoms with Crippen molar-refractivity contribution in [1.29, 1.82) is 0 Å². The van der Waals surface area contributed by atoms with Gasteiger partial charge in [0.15, 0.2) is 0 Å². The van der Waals surface area contributed by atoms with Gasteiger partial charge in [0.25, 0.3) is 0 Å². The second kappa shape index (κ2) is 7.81. The molecule has 0 aromatic carbocycles. The minimum absolute atomic E-state index is 0.659. The highest BCUT2D eigenvalue weighted by molar-refractivity contribution is 6.31. The molecule has 20 heavy (non-hydrogen) atoms. The van der Waals surface area contributed by atoms with E-state index < -0.39 is 0 Å². The number of nitrogens with one attached hydrogen (secondary N) is 1. The van der Waals surface area contributed by atoms with Crippen LogP contribution in [0.1, 0.15) is 31.7 Å². The maximum atomic E-state index is 6.14. The summed E-state index contributed by atoms with van der Waals surface area (Å²) in [5, 5.41) is 4.03. The van der Waals surface area contributed by atoms with Gasteiger partial charge in [-0.3, -0.25) is 0 Å². The number of hydrogen-bond donors (Lipinski definition) is 1. The largest absolute Gasteiger partial charge is 0.476 e. The Bertz CT molecular complexity index is 424. The molecule has 0 amide bonds. The maximum absolute atomic E-state index is 6.14. The van der Waals surface area contributed by atoms with Crippen LogP contribution in [0, 0.1) is 0 Å². The zero-order valence-electron chi connectivity index (χ0n) is 12.4. The van der Waals surface area contributed by atoms with Crippen molar-refractivity contribution in [3.63, 3.8) is 0 Å². The monoisotopic (exact) mass is 297 g/mol. The molecule has 1 N–H and O–H groups in total. The van der Waals surface area contributed by atoms with Crippen molar-refractivity contribution in [2.24, 2.45) is 0 Å². The lowest BCUT2D eigenvalue weighted by Gasteiger charge is -2.16. The van der Waals surface area contributed by atoms with Gasteiger partial charge in [-0.05, 0) is 38.4 Å². The maximum Gasteiger partial charge on any atom is 0.213 e. The van der Waals surface area contributed by atoms with Gasteiger partial charge in [0.1, 0.15) is 6.61 Å². The molecule has 1 fully saturated rings. The Morgan fingerprint density at radius 3 is 3.00 bits per heavy atom. The molecular weight excluding hydrogens is 274 g/mol. The van der Waals surface area contributed by atoms with E-state index in [0.717, 1.165) is 37.7 Å². The number of likely N-dealkylation sites (N-methyl/N-ethyl adjacent to an activating group) is 1. The van der Waals surface area contributed by atoms with Crippen LogP contribution in [0.3, 0.4) is 0 Å². The van der Waals surface area contributed by atoms with Crippen LogP contribution in [0.25, 0.3) is 0 Å². The van der Waals surface area contributed by atoms with Crippen molar-refractivity contribution in [2.45, 2.75) is 38.8 Å². The number of hydrogen-bond acceptors (Lipinski definition) is 4. The van der Waals surface area contributed by atoms with E-state index in [2.05, 4.69) is 29.2 Å². The van der Waals surface area contributed by atoms with E-state index in [1.807, 2.05) is 6.07 Å². The van der Waals surface area contributed by atoms with Crippen LogP contribution >= 0.6 is 11.6 Å². The van der Waals surface area contributed by atoms with Crippen molar-refractivity contribution in [1.82, 2.24) is 15.2 Å². The molecule has 0 saturated heterocycles. The van der Waals surface area contributed by atoms with Crippen LogP contribution < -0.4 is 10.1 Å². The Balaban J connectivity index is 1.79. The predicted molar refractivity (Wildman–Crippen MR) is 82.4 cm³/mol. The lowest BCUT2D eigenvalue weighted by Crippen LogP contribution is -2.26. The fourth-order valence-corrected chi connectivity index (χ4v) is 2.23. The summed E-state index contributed by atoms with van der Waals surface area (Å²) in [4.78, 5) is 6.57. The van der Waals surface area contributed by atoms with E-state index in [-0.39, 0.29) is 0 Å². The number of rotatable bonds is 9. The molecule has 0 bridgehead atoms. The Hall–Kier alpha value is -0.840. The number of nitrogens with zero attached hydrogens (tertiary/aromatic N) is 2. The van der Waals surface area contributed by atoms with Crippen LogP contribution in [0.15, 0.2) is 12.3 Å². The normalized spacial score (nSPS) is 14.8. The van der Waals surface area contributed by atoms with Crippen molar-refractivity contribution in [3.05, 3.63) is 22.8 Å². The number of pyridine rings is 1. The minimum atomic E-state index is 0.659. The molecule has 5 heteroatoms. The number of ether oxygens (including phenoxy) is 1. The number of halogens is 1. The summed E-state index contributed by atoms with van der Waals surface area (Å²) in [5.74, 6) is 0.659. The van der Waals surface area contributed by atoms with Gasteiger partial charge in [0, 0.05) is 31.4 Å². The van der Waals surface area contributed by atoms with Gasteiger partial charge in [0.05, 0.1) is 5.02 Å². The fraction of sp³-hybridized carbons (Fsp3) is 0.667. The first-order chi connectivity index (χ1) is 9.70. The topological polar surface area (TPSA) is 37.4 Å². The predicted octanol–water partition coefficient (Wildman–Crippen LogP) is 2.71. The first-order valence-electron chi connectivity index (χ1n) is 7.39. The van der Waals surface area contributed by atoms with Crippen molar-refractivity contribution < 1.29 is 4.74 Å². The van der Waals surface area contributed by atoms with Crippen LogP contribution in [-0.4, -0.2) is 42.7 Å². The molecule has 0 unspecified atom stereocenters. The average Bonchev–Trinajstić information content (AvgIpc) is 3.26. The molecule has 0 atom stereocenters. The molecule has 1 heterocycles. The third-order valence-corrected chi connectivity index (χ3v) is 3.86. The van der Waals surface area contributed by atoms with E-state index in [9.17, 15) is 0 Å². The lowest BCUT2D eigenvalue weighted by molar-refractivity contribution is 0.226. The molecule has 0 spiro atoms. The Morgan fingerprint density at radius 1 is 1.50 bits per heavy atom. The molecular formula is C15H24ClN3O. The Kier molecular flexibility index (Phi) is 6.07. The average molecular weight is 298 g/mol. The smallest absolute Gasteiger partial charge is 0.213 e. The Labute approximate surface area is 126 Å². The summed E-state index contributed by atoms with van der Waals surface area (Å²) in [6.07, 6.45) is 5.43. The molecule has 1 aromatic heterocycles. The molecule has 4 nitrogen and oxygen atoms in total. The summed E-state index contributed by atoms with van der Waals surface area (Å²) in [7, 11) is 2.15. The second-order valence-electron chi connectivity index (χ2n) is 5.35. The van der Waals surface area contributed by atoms with Crippen LogP contribution in [-0.2, 0) is 6.54 Å². The first-order valence-corrected chi connectivity index (χ1v) is 7.76. The van der Waals surface area contributed by atoms with Crippen molar-refractivity contribution in [3.8, 4) is 5.88 Å².